The van der Waals surface area contributed by atoms with Crippen molar-refractivity contribution in [3.8, 4) is 0 Å². The molecule has 1 atom stereocenters. The molecule has 1 N–H and O–H groups in total. The molecule has 2 heterocycles. The lowest BCUT2D eigenvalue weighted by Crippen LogP contribution is -2.20. The zero-order valence-electron chi connectivity index (χ0n) is 8.99. The normalized spacial score (nSPS) is 12.9. The summed E-state index contributed by atoms with van der Waals surface area (Å²) in [6.45, 7) is 4.93. The molecule has 0 aliphatic carbocycles. The minimum Gasteiger partial charge on any atom is -0.472 e. The molecule has 2 aromatic rings. The van der Waals surface area contributed by atoms with E-state index in [0.717, 1.165) is 23.4 Å². The molecule has 0 saturated heterocycles. The highest BCUT2D eigenvalue weighted by Gasteiger charge is 2.15. The van der Waals surface area contributed by atoms with Gasteiger partial charge in [-0.15, -0.1) is 0 Å². The minimum absolute atomic E-state index is 0.159. The van der Waals surface area contributed by atoms with Crippen molar-refractivity contribution in [2.24, 2.45) is 0 Å². The van der Waals surface area contributed by atoms with Gasteiger partial charge >= 0.3 is 0 Å². The summed E-state index contributed by atoms with van der Waals surface area (Å²) in [7, 11) is 0. The third-order valence-electron chi connectivity index (χ3n) is 2.37. The van der Waals surface area contributed by atoms with Gasteiger partial charge in [-0.1, -0.05) is 6.92 Å². The van der Waals surface area contributed by atoms with Crippen LogP contribution >= 0.6 is 0 Å². The summed E-state index contributed by atoms with van der Waals surface area (Å²) in [5.41, 5.74) is 2.26. The van der Waals surface area contributed by atoms with Crippen molar-refractivity contribution in [2.45, 2.75) is 19.9 Å². The summed E-state index contributed by atoms with van der Waals surface area (Å²) < 4.78 is 10.4. The first-order valence-electron chi connectivity index (χ1n) is 5.11. The molecule has 2 aromatic heterocycles. The van der Waals surface area contributed by atoms with Crippen LogP contribution in [0.4, 0.5) is 0 Å². The first kappa shape index (κ1) is 10.1. The molecule has 0 fully saturated rings. The molecule has 2 rings (SSSR count). The predicted octanol–water partition coefficient (Wildman–Crippen LogP) is 2.88. The molecule has 15 heavy (non-hydrogen) atoms. The van der Waals surface area contributed by atoms with Crippen molar-refractivity contribution < 1.29 is 8.83 Å². The van der Waals surface area contributed by atoms with Gasteiger partial charge in [0, 0.05) is 11.1 Å². The highest BCUT2D eigenvalue weighted by Crippen LogP contribution is 2.23. The first-order valence-corrected chi connectivity index (χ1v) is 5.11. The van der Waals surface area contributed by atoms with Crippen LogP contribution in [0.5, 0.6) is 0 Å². The standard InChI is InChI=1S/C12H15NO2/c1-3-13-12(10-4-5-14-7-10)11-6-9(2)15-8-11/h4-8,12-13H,3H2,1-2H3. The quantitative estimate of drug-likeness (QED) is 0.834. The molecule has 0 radical (unpaired) electrons. The van der Waals surface area contributed by atoms with Crippen molar-refractivity contribution in [3.05, 3.63) is 47.8 Å². The van der Waals surface area contributed by atoms with Crippen LogP contribution in [-0.4, -0.2) is 6.54 Å². The Hall–Kier alpha value is -1.48. The molecule has 1 unspecified atom stereocenters. The number of aryl methyl sites for hydroxylation is 1. The number of furan rings is 2. The Morgan fingerprint density at radius 2 is 2.20 bits per heavy atom. The van der Waals surface area contributed by atoms with Crippen LogP contribution < -0.4 is 5.32 Å². The molecule has 0 aliphatic rings. The Kier molecular flexibility index (Phi) is 2.92. The van der Waals surface area contributed by atoms with E-state index in [4.69, 9.17) is 8.83 Å². The summed E-state index contributed by atoms with van der Waals surface area (Å²) in [4.78, 5) is 0. The van der Waals surface area contributed by atoms with Crippen molar-refractivity contribution in [1.29, 1.82) is 0 Å². The molecule has 0 aliphatic heterocycles. The molecular formula is C12H15NO2. The smallest absolute Gasteiger partial charge is 0.101 e. The largest absolute Gasteiger partial charge is 0.472 e. The monoisotopic (exact) mass is 205 g/mol. The fraction of sp³-hybridized carbons (Fsp3) is 0.333. The molecule has 3 nitrogen and oxygen atoms in total. The third-order valence-corrected chi connectivity index (χ3v) is 2.37. The molecule has 0 aromatic carbocycles. The fourth-order valence-electron chi connectivity index (χ4n) is 1.69. The second kappa shape index (κ2) is 4.36. The second-order valence-electron chi connectivity index (χ2n) is 3.54. The van der Waals surface area contributed by atoms with Gasteiger partial charge in [-0.3, -0.25) is 0 Å². The van der Waals surface area contributed by atoms with Gasteiger partial charge < -0.3 is 14.2 Å². The summed E-state index contributed by atoms with van der Waals surface area (Å²) >= 11 is 0. The van der Waals surface area contributed by atoms with Crippen molar-refractivity contribution in [1.82, 2.24) is 5.32 Å². The van der Waals surface area contributed by atoms with Gasteiger partial charge in [-0.25, -0.2) is 0 Å². The van der Waals surface area contributed by atoms with Crippen molar-refractivity contribution in [2.75, 3.05) is 6.54 Å². The lowest BCUT2D eigenvalue weighted by Gasteiger charge is -2.13. The molecule has 0 amide bonds. The van der Waals surface area contributed by atoms with Gasteiger partial charge in [0.1, 0.15) is 5.76 Å². The second-order valence-corrected chi connectivity index (χ2v) is 3.54. The van der Waals surface area contributed by atoms with E-state index in [0.29, 0.717) is 0 Å². The summed E-state index contributed by atoms with van der Waals surface area (Å²) in [6.07, 6.45) is 5.23. The van der Waals surface area contributed by atoms with Crippen LogP contribution in [0.25, 0.3) is 0 Å². The Morgan fingerprint density at radius 1 is 1.33 bits per heavy atom. The number of rotatable bonds is 4. The number of hydrogen-bond acceptors (Lipinski definition) is 3. The van der Waals surface area contributed by atoms with Gasteiger partial charge in [-0.2, -0.15) is 0 Å². The molecule has 0 spiro atoms. The maximum atomic E-state index is 5.32. The van der Waals surface area contributed by atoms with Gasteiger partial charge in [0.2, 0.25) is 0 Å². The fourth-order valence-corrected chi connectivity index (χ4v) is 1.69. The molecule has 0 saturated carbocycles. The lowest BCUT2D eigenvalue weighted by molar-refractivity contribution is 0.523. The number of nitrogens with one attached hydrogen (secondary N) is 1. The zero-order chi connectivity index (χ0) is 10.7. The van der Waals surface area contributed by atoms with E-state index in [2.05, 4.69) is 12.2 Å². The van der Waals surface area contributed by atoms with Crippen LogP contribution in [0.3, 0.4) is 0 Å². The first-order chi connectivity index (χ1) is 7.31. The van der Waals surface area contributed by atoms with E-state index >= 15 is 0 Å². The minimum atomic E-state index is 0.159. The Balaban J connectivity index is 2.27. The van der Waals surface area contributed by atoms with Crippen molar-refractivity contribution in [3.63, 3.8) is 0 Å². The average molecular weight is 205 g/mol. The van der Waals surface area contributed by atoms with E-state index in [1.165, 1.54) is 0 Å². The highest BCUT2D eigenvalue weighted by molar-refractivity contribution is 5.28. The summed E-state index contributed by atoms with van der Waals surface area (Å²) in [5, 5.41) is 3.39. The van der Waals surface area contributed by atoms with Gasteiger partial charge in [-0.05, 0) is 25.6 Å². The maximum Gasteiger partial charge on any atom is 0.101 e. The van der Waals surface area contributed by atoms with E-state index in [1.807, 2.05) is 19.1 Å². The molecular weight excluding hydrogens is 190 g/mol. The lowest BCUT2D eigenvalue weighted by atomic mass is 10.0. The summed E-state index contributed by atoms with van der Waals surface area (Å²) in [5.74, 6) is 0.927. The van der Waals surface area contributed by atoms with Gasteiger partial charge in [0.15, 0.2) is 0 Å². The van der Waals surface area contributed by atoms with Gasteiger partial charge in [0.25, 0.3) is 0 Å². The predicted molar refractivity (Wildman–Crippen MR) is 57.7 cm³/mol. The van der Waals surface area contributed by atoms with Crippen LogP contribution in [0, 0.1) is 6.92 Å². The number of hydrogen-bond donors (Lipinski definition) is 1. The summed E-state index contributed by atoms with van der Waals surface area (Å²) in [6, 6.07) is 4.17. The van der Waals surface area contributed by atoms with E-state index < -0.39 is 0 Å². The van der Waals surface area contributed by atoms with Crippen molar-refractivity contribution >= 4 is 0 Å². The third kappa shape index (κ3) is 2.13. The zero-order valence-corrected chi connectivity index (χ0v) is 8.99. The molecule has 80 valence electrons. The Labute approximate surface area is 89.1 Å². The van der Waals surface area contributed by atoms with E-state index in [1.54, 1.807) is 18.8 Å². The van der Waals surface area contributed by atoms with E-state index in [-0.39, 0.29) is 6.04 Å². The van der Waals surface area contributed by atoms with E-state index in [9.17, 15) is 0 Å². The maximum absolute atomic E-state index is 5.32. The SMILES string of the molecule is CCNC(c1ccoc1)c1coc(C)c1. The Morgan fingerprint density at radius 3 is 2.73 bits per heavy atom. The molecule has 3 heteroatoms. The Bertz CT molecular complexity index is 403. The van der Waals surface area contributed by atoms with Crippen LogP contribution in [0.1, 0.15) is 29.9 Å². The average Bonchev–Trinajstić information content (AvgIpc) is 2.85. The van der Waals surface area contributed by atoms with Crippen LogP contribution in [0.15, 0.2) is 39.8 Å². The van der Waals surface area contributed by atoms with Crippen LogP contribution in [0.2, 0.25) is 0 Å². The molecule has 0 bridgehead atoms. The topological polar surface area (TPSA) is 38.3 Å². The highest BCUT2D eigenvalue weighted by atomic mass is 16.3. The van der Waals surface area contributed by atoms with Gasteiger partial charge in [0.05, 0.1) is 24.8 Å². The van der Waals surface area contributed by atoms with Crippen LogP contribution in [-0.2, 0) is 0 Å².